The Kier molecular flexibility index (Phi) is 4.80. The first-order valence-corrected chi connectivity index (χ1v) is 9.41. The predicted molar refractivity (Wildman–Crippen MR) is 99.8 cm³/mol. The number of nitrogens with zero attached hydrogens (tertiary/aromatic N) is 3. The first-order valence-electron chi connectivity index (χ1n) is 7.55. The molecule has 0 spiro atoms. The average Bonchev–Trinajstić information content (AvgIpc) is 2.61. The van der Waals surface area contributed by atoms with Crippen molar-refractivity contribution in [1.82, 2.24) is 14.9 Å². The molecule has 0 atom stereocenters. The van der Waals surface area contributed by atoms with Gasteiger partial charge in [-0.15, -0.1) is 0 Å². The molecule has 1 aromatic heterocycles. The van der Waals surface area contributed by atoms with Crippen molar-refractivity contribution in [3.8, 4) is 0 Å². The highest BCUT2D eigenvalue weighted by atomic mass is 35.5. The summed E-state index contributed by atoms with van der Waals surface area (Å²) in [6, 6.07) is 12.7. The second-order valence-electron chi connectivity index (χ2n) is 5.68. The van der Waals surface area contributed by atoms with Crippen LogP contribution in [0.5, 0.6) is 0 Å². The second kappa shape index (κ2) is 6.89. The number of anilines is 1. The van der Waals surface area contributed by atoms with Crippen LogP contribution in [0.3, 0.4) is 0 Å². The third-order valence-electron chi connectivity index (χ3n) is 3.56. The van der Waals surface area contributed by atoms with E-state index in [0.717, 1.165) is 0 Å². The van der Waals surface area contributed by atoms with E-state index in [1.807, 2.05) is 0 Å². The number of fused-ring (bicyclic) bond motifs is 1. The van der Waals surface area contributed by atoms with Crippen molar-refractivity contribution in [2.24, 2.45) is 0 Å². The summed E-state index contributed by atoms with van der Waals surface area (Å²) in [6.45, 7) is 0. The van der Waals surface area contributed by atoms with E-state index in [1.165, 1.54) is 23.1 Å². The molecule has 0 aliphatic carbocycles. The summed E-state index contributed by atoms with van der Waals surface area (Å²) in [5.41, 5.74) is 1.32. The summed E-state index contributed by atoms with van der Waals surface area (Å²) < 4.78 is 27.7. The molecule has 2 aromatic carbocycles. The molecule has 1 N–H and O–H groups in total. The van der Waals surface area contributed by atoms with Gasteiger partial charge in [0.05, 0.1) is 15.9 Å². The van der Waals surface area contributed by atoms with Crippen LogP contribution in [-0.2, 0) is 10.0 Å². The molecular weight excluding hydrogens is 376 g/mol. The Morgan fingerprint density at radius 3 is 2.35 bits per heavy atom. The Balaban J connectivity index is 1.98. The van der Waals surface area contributed by atoms with Crippen molar-refractivity contribution >= 4 is 44.4 Å². The van der Waals surface area contributed by atoms with Crippen LogP contribution in [0.4, 0.5) is 5.82 Å². The van der Waals surface area contributed by atoms with E-state index in [0.29, 0.717) is 11.0 Å². The topological polar surface area (TPSA) is 92.3 Å². The Morgan fingerprint density at radius 2 is 1.69 bits per heavy atom. The van der Waals surface area contributed by atoms with Crippen LogP contribution in [0.2, 0.25) is 5.15 Å². The first-order chi connectivity index (χ1) is 12.3. The largest absolute Gasteiger partial charge is 0.345 e. The zero-order valence-corrected chi connectivity index (χ0v) is 15.5. The molecule has 0 unspecified atom stereocenters. The molecule has 7 nitrogen and oxygen atoms in total. The third-order valence-corrected chi connectivity index (χ3v) is 5.16. The van der Waals surface area contributed by atoms with Crippen molar-refractivity contribution < 1.29 is 13.2 Å². The number of aromatic nitrogens is 2. The molecule has 26 heavy (non-hydrogen) atoms. The average molecular weight is 391 g/mol. The van der Waals surface area contributed by atoms with Crippen LogP contribution in [0, 0.1) is 0 Å². The highest BCUT2D eigenvalue weighted by Gasteiger charge is 2.20. The number of halogens is 1. The van der Waals surface area contributed by atoms with Gasteiger partial charge in [-0.2, -0.15) is 0 Å². The normalized spacial score (nSPS) is 11.3. The molecule has 0 aliphatic heterocycles. The lowest BCUT2D eigenvalue weighted by Crippen LogP contribution is -2.22. The fraction of sp³-hybridized carbons (Fsp3) is 0.118. The number of hydrogen-bond donors (Lipinski definition) is 1. The van der Waals surface area contributed by atoms with E-state index in [4.69, 9.17) is 11.6 Å². The fourth-order valence-corrected chi connectivity index (χ4v) is 3.58. The van der Waals surface area contributed by atoms with Crippen molar-refractivity contribution in [3.63, 3.8) is 0 Å². The van der Waals surface area contributed by atoms with Crippen LogP contribution in [0.15, 0.2) is 53.4 Å². The highest BCUT2D eigenvalue weighted by Crippen LogP contribution is 2.24. The summed E-state index contributed by atoms with van der Waals surface area (Å²) >= 11 is 6.06. The molecule has 134 valence electrons. The lowest BCUT2D eigenvalue weighted by Gasteiger charge is -2.12. The minimum absolute atomic E-state index is 0.0622. The maximum atomic E-state index is 12.7. The summed E-state index contributed by atoms with van der Waals surface area (Å²) in [7, 11) is -0.815. The number of sulfonamides is 1. The van der Waals surface area contributed by atoms with Gasteiger partial charge in [0, 0.05) is 19.7 Å². The monoisotopic (exact) mass is 390 g/mol. The standard InChI is InChI=1S/C17H15ClN4O3S/c1-22(2)17(23)11-6-5-7-12(10-11)26(24,25)21-16-15(18)19-13-8-3-4-9-14(13)20-16/h3-10H,1-2H3,(H,20,21). The van der Waals surface area contributed by atoms with Gasteiger partial charge < -0.3 is 4.90 Å². The summed E-state index contributed by atoms with van der Waals surface area (Å²) in [5.74, 6) is -0.375. The minimum atomic E-state index is -3.99. The van der Waals surface area contributed by atoms with E-state index in [-0.39, 0.29) is 27.3 Å². The molecule has 3 aromatic rings. The molecule has 0 saturated carbocycles. The SMILES string of the molecule is CN(C)C(=O)c1cccc(S(=O)(=O)Nc2nc3ccccc3nc2Cl)c1. The van der Waals surface area contributed by atoms with Gasteiger partial charge >= 0.3 is 0 Å². The van der Waals surface area contributed by atoms with Gasteiger partial charge in [-0.3, -0.25) is 9.52 Å². The summed E-state index contributed by atoms with van der Waals surface area (Å²) in [5, 5.41) is -0.0622. The molecule has 0 bridgehead atoms. The maximum absolute atomic E-state index is 12.7. The Hall–Kier alpha value is -2.71. The molecule has 1 amide bonds. The summed E-state index contributed by atoms with van der Waals surface area (Å²) in [6.07, 6.45) is 0. The fourth-order valence-electron chi connectivity index (χ4n) is 2.28. The first kappa shape index (κ1) is 18.1. The predicted octanol–water partition coefficient (Wildman–Crippen LogP) is 2.79. The number of rotatable bonds is 4. The van der Waals surface area contributed by atoms with Gasteiger partial charge in [-0.05, 0) is 30.3 Å². The molecule has 3 rings (SSSR count). The lowest BCUT2D eigenvalue weighted by molar-refractivity contribution is 0.0827. The van der Waals surface area contributed by atoms with Gasteiger partial charge in [0.15, 0.2) is 11.0 Å². The number of carbonyl (C=O) groups excluding carboxylic acids is 1. The van der Waals surface area contributed by atoms with Crippen LogP contribution in [-0.4, -0.2) is 43.3 Å². The Bertz CT molecular complexity index is 1100. The van der Waals surface area contributed by atoms with E-state index >= 15 is 0 Å². The zero-order valence-electron chi connectivity index (χ0n) is 14.0. The van der Waals surface area contributed by atoms with E-state index in [2.05, 4.69) is 14.7 Å². The molecule has 0 fully saturated rings. The van der Waals surface area contributed by atoms with E-state index < -0.39 is 10.0 Å². The van der Waals surface area contributed by atoms with Gasteiger partial charge in [-0.25, -0.2) is 18.4 Å². The molecule has 0 radical (unpaired) electrons. The van der Waals surface area contributed by atoms with E-state index in [1.54, 1.807) is 44.4 Å². The summed E-state index contributed by atoms with van der Waals surface area (Å²) in [4.78, 5) is 21.7. The van der Waals surface area contributed by atoms with Gasteiger partial charge in [-0.1, -0.05) is 29.8 Å². The van der Waals surface area contributed by atoms with Gasteiger partial charge in [0.2, 0.25) is 0 Å². The smallest absolute Gasteiger partial charge is 0.263 e. The van der Waals surface area contributed by atoms with Crippen molar-refractivity contribution in [2.45, 2.75) is 4.90 Å². The number of benzene rings is 2. The number of nitrogens with one attached hydrogen (secondary N) is 1. The Labute approximate surface area is 155 Å². The Morgan fingerprint density at radius 1 is 1.04 bits per heavy atom. The van der Waals surface area contributed by atoms with Crippen LogP contribution < -0.4 is 4.72 Å². The zero-order chi connectivity index (χ0) is 18.9. The molecule has 9 heteroatoms. The molecular formula is C17H15ClN4O3S. The second-order valence-corrected chi connectivity index (χ2v) is 7.73. The number of carbonyl (C=O) groups is 1. The van der Waals surface area contributed by atoms with Gasteiger partial charge in [0.25, 0.3) is 15.9 Å². The third kappa shape index (κ3) is 3.61. The minimum Gasteiger partial charge on any atom is -0.345 e. The van der Waals surface area contributed by atoms with Crippen LogP contribution >= 0.6 is 11.6 Å². The quantitative estimate of drug-likeness (QED) is 0.739. The van der Waals surface area contributed by atoms with Crippen molar-refractivity contribution in [1.29, 1.82) is 0 Å². The van der Waals surface area contributed by atoms with Crippen LogP contribution in [0.25, 0.3) is 11.0 Å². The molecule has 1 heterocycles. The number of amides is 1. The maximum Gasteiger partial charge on any atom is 0.263 e. The molecule has 0 aliphatic rings. The van der Waals surface area contributed by atoms with Gasteiger partial charge in [0.1, 0.15) is 0 Å². The van der Waals surface area contributed by atoms with Crippen molar-refractivity contribution in [2.75, 3.05) is 18.8 Å². The van der Waals surface area contributed by atoms with Crippen molar-refractivity contribution in [3.05, 3.63) is 59.2 Å². The highest BCUT2D eigenvalue weighted by molar-refractivity contribution is 7.92. The lowest BCUT2D eigenvalue weighted by atomic mass is 10.2. The van der Waals surface area contributed by atoms with E-state index in [9.17, 15) is 13.2 Å². The number of para-hydroxylation sites is 2. The number of hydrogen-bond acceptors (Lipinski definition) is 5. The molecule has 0 saturated heterocycles. The van der Waals surface area contributed by atoms with Crippen LogP contribution in [0.1, 0.15) is 10.4 Å².